The van der Waals surface area contributed by atoms with E-state index in [1.165, 1.54) is 18.2 Å². The summed E-state index contributed by atoms with van der Waals surface area (Å²) < 4.78 is 33.6. The van der Waals surface area contributed by atoms with Gasteiger partial charge in [0.05, 0.1) is 17.9 Å². The first-order chi connectivity index (χ1) is 17.5. The molecule has 10 nitrogen and oxygen atoms in total. The van der Waals surface area contributed by atoms with E-state index in [1.54, 1.807) is 24.4 Å². The average Bonchev–Trinajstić information content (AvgIpc) is 3.13. The van der Waals surface area contributed by atoms with Crippen molar-refractivity contribution in [1.82, 2.24) is 19.7 Å². The number of hydrogen-bond acceptors (Lipinski definition) is 9. The van der Waals surface area contributed by atoms with Crippen LogP contribution >= 0.6 is 0 Å². The first-order valence-corrected chi connectivity index (χ1v) is 13.7. The second kappa shape index (κ2) is 10.3. The first kappa shape index (κ1) is 26.3. The van der Waals surface area contributed by atoms with Crippen LogP contribution < -0.4 is 20.1 Å². The smallest absolute Gasteiger partial charge is 0.281 e. The van der Waals surface area contributed by atoms with E-state index < -0.39 is 15.9 Å². The van der Waals surface area contributed by atoms with Crippen molar-refractivity contribution in [3.8, 4) is 17.1 Å². The van der Waals surface area contributed by atoms with Gasteiger partial charge < -0.3 is 15.4 Å². The molecular formula is C26H32N6O4S. The first-order valence-electron chi connectivity index (χ1n) is 12.2. The largest absolute Gasteiger partial charge is 0.478 e. The summed E-state index contributed by atoms with van der Waals surface area (Å²) >= 11 is 0. The molecule has 0 aliphatic carbocycles. The quantitative estimate of drug-likeness (QED) is 0.452. The summed E-state index contributed by atoms with van der Waals surface area (Å²) in [6.45, 7) is 9.55. The van der Waals surface area contributed by atoms with Crippen LogP contribution in [0.25, 0.3) is 11.3 Å². The zero-order chi connectivity index (χ0) is 26.8. The van der Waals surface area contributed by atoms with Crippen LogP contribution in [0.15, 0.2) is 53.7 Å². The van der Waals surface area contributed by atoms with Gasteiger partial charge in [-0.15, -0.1) is 0 Å². The zero-order valence-corrected chi connectivity index (χ0v) is 22.2. The van der Waals surface area contributed by atoms with E-state index >= 15 is 0 Å². The third kappa shape index (κ3) is 5.82. The molecule has 11 heteroatoms. The van der Waals surface area contributed by atoms with Crippen molar-refractivity contribution in [2.45, 2.75) is 51.1 Å². The van der Waals surface area contributed by atoms with Crippen LogP contribution in [0.3, 0.4) is 0 Å². The molecule has 1 amide bonds. The maximum atomic E-state index is 13.4. The minimum atomic E-state index is -4.25. The molecule has 37 heavy (non-hydrogen) atoms. The predicted octanol–water partition coefficient (Wildman–Crippen LogP) is 3.65. The molecule has 1 fully saturated rings. The fourth-order valence-electron chi connectivity index (χ4n) is 4.62. The van der Waals surface area contributed by atoms with Crippen LogP contribution in [0.4, 0.5) is 11.6 Å². The standard InChI is InChI=1S/C26H32N6O4S/c1-5-13-36-22-14-18(11-12-28-22)20-10-9-19(24(29-20)32-16-17(2)15-26(32,3)4)25(33)31-37(34,35)23-8-6-7-21(27)30-23/h6-12,14,17H,5,13,15-16H2,1-4H3,(H2,27,30)(H,31,33). The minimum Gasteiger partial charge on any atom is -0.478 e. The van der Waals surface area contributed by atoms with E-state index in [1.807, 2.05) is 13.0 Å². The number of anilines is 2. The topological polar surface area (TPSA) is 140 Å². The number of pyridine rings is 3. The molecule has 3 aromatic rings. The van der Waals surface area contributed by atoms with Crippen LogP contribution in [0, 0.1) is 5.92 Å². The zero-order valence-electron chi connectivity index (χ0n) is 21.4. The molecule has 0 aromatic carbocycles. The Hall–Kier alpha value is -3.73. The number of nitrogen functional groups attached to an aromatic ring is 1. The molecule has 0 bridgehead atoms. The van der Waals surface area contributed by atoms with Gasteiger partial charge in [0.25, 0.3) is 15.9 Å². The molecule has 1 aliphatic heterocycles. The molecular weight excluding hydrogens is 492 g/mol. The van der Waals surface area contributed by atoms with E-state index in [4.69, 9.17) is 15.5 Å². The molecule has 4 rings (SSSR count). The highest BCUT2D eigenvalue weighted by molar-refractivity contribution is 7.90. The van der Waals surface area contributed by atoms with E-state index in [0.29, 0.717) is 36.5 Å². The molecule has 0 spiro atoms. The summed E-state index contributed by atoms with van der Waals surface area (Å²) in [6, 6.07) is 11.1. The van der Waals surface area contributed by atoms with Gasteiger partial charge in [-0.1, -0.05) is 19.9 Å². The Kier molecular flexibility index (Phi) is 7.35. The van der Waals surface area contributed by atoms with Gasteiger partial charge in [-0.2, -0.15) is 8.42 Å². The summed E-state index contributed by atoms with van der Waals surface area (Å²) in [6.07, 6.45) is 3.40. The second-order valence-electron chi connectivity index (χ2n) is 9.87. The number of nitrogens with two attached hydrogens (primary N) is 1. The van der Waals surface area contributed by atoms with Crippen molar-refractivity contribution in [2.24, 2.45) is 5.92 Å². The highest BCUT2D eigenvalue weighted by Crippen LogP contribution is 2.38. The fourth-order valence-corrected chi connectivity index (χ4v) is 5.56. The number of ether oxygens (including phenoxy) is 1. The van der Waals surface area contributed by atoms with Crippen LogP contribution in [0.5, 0.6) is 5.88 Å². The summed E-state index contributed by atoms with van der Waals surface area (Å²) in [5.74, 6) is 0.504. The SMILES string of the molecule is CCCOc1cc(-c2ccc(C(=O)NS(=O)(=O)c3cccc(N)n3)c(N3CC(C)CC3(C)C)n2)ccn1. The Morgan fingerprint density at radius 3 is 2.68 bits per heavy atom. The highest BCUT2D eigenvalue weighted by Gasteiger charge is 2.39. The Balaban J connectivity index is 1.75. The van der Waals surface area contributed by atoms with Gasteiger partial charge in [0.2, 0.25) is 5.88 Å². The summed E-state index contributed by atoms with van der Waals surface area (Å²) in [4.78, 5) is 28.4. The normalized spacial score (nSPS) is 17.0. The molecule has 0 radical (unpaired) electrons. The van der Waals surface area contributed by atoms with Gasteiger partial charge in [0.1, 0.15) is 11.6 Å². The number of aromatic nitrogens is 3. The number of hydrogen-bond donors (Lipinski definition) is 2. The van der Waals surface area contributed by atoms with E-state index in [2.05, 4.69) is 40.4 Å². The Labute approximate surface area is 217 Å². The van der Waals surface area contributed by atoms with Gasteiger partial charge in [-0.3, -0.25) is 4.79 Å². The van der Waals surface area contributed by atoms with Crippen LogP contribution in [0.1, 0.15) is 50.9 Å². The van der Waals surface area contributed by atoms with E-state index in [-0.39, 0.29) is 21.9 Å². The van der Waals surface area contributed by atoms with Crippen molar-refractivity contribution in [3.05, 3.63) is 54.2 Å². The van der Waals surface area contributed by atoms with Crippen molar-refractivity contribution >= 4 is 27.6 Å². The Morgan fingerprint density at radius 1 is 1.22 bits per heavy atom. The third-order valence-corrected chi connectivity index (χ3v) is 7.41. The number of carbonyl (C=O) groups is 1. The summed E-state index contributed by atoms with van der Waals surface area (Å²) in [5, 5.41) is -0.335. The second-order valence-corrected chi connectivity index (χ2v) is 11.5. The number of amides is 1. The van der Waals surface area contributed by atoms with E-state index in [9.17, 15) is 13.2 Å². The van der Waals surface area contributed by atoms with Crippen LogP contribution in [-0.4, -0.2) is 48.0 Å². The lowest BCUT2D eigenvalue weighted by atomic mass is 9.97. The van der Waals surface area contributed by atoms with Crippen molar-refractivity contribution < 1.29 is 17.9 Å². The monoisotopic (exact) mass is 524 g/mol. The summed E-state index contributed by atoms with van der Waals surface area (Å²) in [5.41, 5.74) is 6.89. The van der Waals surface area contributed by atoms with Crippen LogP contribution in [-0.2, 0) is 10.0 Å². The molecule has 0 saturated carbocycles. The number of sulfonamides is 1. The van der Waals surface area contributed by atoms with Gasteiger partial charge in [0, 0.05) is 29.9 Å². The molecule has 3 N–H and O–H groups in total. The minimum absolute atomic E-state index is 0.0365. The molecule has 3 aromatic heterocycles. The lowest BCUT2D eigenvalue weighted by Crippen LogP contribution is -2.41. The molecule has 196 valence electrons. The van der Waals surface area contributed by atoms with Gasteiger partial charge >= 0.3 is 0 Å². The maximum Gasteiger partial charge on any atom is 0.281 e. The number of rotatable bonds is 8. The average molecular weight is 525 g/mol. The third-order valence-electron chi connectivity index (χ3n) is 6.18. The summed E-state index contributed by atoms with van der Waals surface area (Å²) in [7, 11) is -4.25. The fraction of sp³-hybridized carbons (Fsp3) is 0.385. The van der Waals surface area contributed by atoms with E-state index in [0.717, 1.165) is 18.4 Å². The van der Waals surface area contributed by atoms with Gasteiger partial charge in [-0.25, -0.2) is 19.7 Å². The predicted molar refractivity (Wildman–Crippen MR) is 142 cm³/mol. The Bertz CT molecular complexity index is 1410. The lowest BCUT2D eigenvalue weighted by Gasteiger charge is -2.34. The van der Waals surface area contributed by atoms with Gasteiger partial charge in [0.15, 0.2) is 5.03 Å². The maximum absolute atomic E-state index is 13.4. The molecule has 1 aliphatic rings. The number of nitrogens with zero attached hydrogens (tertiary/aromatic N) is 4. The molecule has 1 atom stereocenters. The van der Waals surface area contributed by atoms with Crippen molar-refractivity contribution in [3.63, 3.8) is 0 Å². The number of carbonyl (C=O) groups excluding carboxylic acids is 1. The molecule has 4 heterocycles. The van der Waals surface area contributed by atoms with Gasteiger partial charge in [-0.05, 0) is 62.9 Å². The number of nitrogens with one attached hydrogen (secondary N) is 1. The lowest BCUT2D eigenvalue weighted by molar-refractivity contribution is 0.0981. The highest BCUT2D eigenvalue weighted by atomic mass is 32.2. The Morgan fingerprint density at radius 2 is 2.00 bits per heavy atom. The van der Waals surface area contributed by atoms with Crippen molar-refractivity contribution in [2.75, 3.05) is 23.8 Å². The van der Waals surface area contributed by atoms with Crippen molar-refractivity contribution in [1.29, 1.82) is 0 Å². The van der Waals surface area contributed by atoms with Crippen LogP contribution in [0.2, 0.25) is 0 Å². The molecule has 1 unspecified atom stereocenters. The molecule has 1 saturated heterocycles.